The number of halogens is 2. The van der Waals surface area contributed by atoms with Crippen LogP contribution in [0.1, 0.15) is 33.1 Å². The average Bonchev–Trinajstić information content (AvgIpc) is 2.30. The zero-order chi connectivity index (χ0) is 14.7. The maximum atomic E-state index is 13.0. The van der Waals surface area contributed by atoms with Crippen LogP contribution in [-0.4, -0.2) is 18.1 Å². The molecule has 0 spiro atoms. The second-order valence-electron chi connectivity index (χ2n) is 5.32. The topological polar surface area (TPSA) is 38.3 Å². The van der Waals surface area contributed by atoms with Gasteiger partial charge in [0.05, 0.1) is 4.47 Å². The van der Waals surface area contributed by atoms with Crippen LogP contribution in [0.15, 0.2) is 22.7 Å². The van der Waals surface area contributed by atoms with Crippen molar-refractivity contribution >= 4 is 21.8 Å². The predicted octanol–water partition coefficient (Wildman–Crippen LogP) is 3.66. The van der Waals surface area contributed by atoms with Crippen LogP contribution in [0.2, 0.25) is 0 Å². The normalized spacial score (nSPS) is 18.0. The number of amides is 1. The van der Waals surface area contributed by atoms with Gasteiger partial charge < -0.3 is 10.1 Å². The Labute approximate surface area is 127 Å². The van der Waals surface area contributed by atoms with Gasteiger partial charge in [0.1, 0.15) is 11.6 Å². The van der Waals surface area contributed by atoms with E-state index in [1.165, 1.54) is 37.5 Å². The van der Waals surface area contributed by atoms with Crippen LogP contribution in [0, 0.1) is 11.7 Å². The minimum atomic E-state index is -0.612. The van der Waals surface area contributed by atoms with Gasteiger partial charge in [0.25, 0.3) is 5.91 Å². The highest BCUT2D eigenvalue weighted by Crippen LogP contribution is 2.29. The van der Waals surface area contributed by atoms with Crippen molar-refractivity contribution in [2.24, 2.45) is 5.92 Å². The minimum Gasteiger partial charge on any atom is -0.480 e. The van der Waals surface area contributed by atoms with Crippen LogP contribution >= 0.6 is 15.9 Å². The number of benzene rings is 1. The van der Waals surface area contributed by atoms with Gasteiger partial charge in [-0.2, -0.15) is 0 Å². The molecular formula is C15H19BrFNO2. The number of carbonyl (C=O) groups is 1. The Bertz CT molecular complexity index is 491. The lowest BCUT2D eigenvalue weighted by molar-refractivity contribution is -0.128. The van der Waals surface area contributed by atoms with Crippen LogP contribution in [0.4, 0.5) is 4.39 Å². The molecule has 3 nitrogen and oxygen atoms in total. The van der Waals surface area contributed by atoms with Gasteiger partial charge in [-0.3, -0.25) is 4.79 Å². The SMILES string of the molecule is C[C@@H](Oc1ccc(F)cc1Br)C(=O)N[C@H](C)C1CCC1. The van der Waals surface area contributed by atoms with Gasteiger partial charge in [0.15, 0.2) is 6.10 Å². The van der Waals surface area contributed by atoms with Crippen molar-refractivity contribution in [3.8, 4) is 5.75 Å². The quantitative estimate of drug-likeness (QED) is 0.885. The molecule has 0 heterocycles. The Morgan fingerprint density at radius 1 is 1.45 bits per heavy atom. The van der Waals surface area contributed by atoms with E-state index in [-0.39, 0.29) is 17.8 Å². The highest BCUT2D eigenvalue weighted by atomic mass is 79.9. The summed E-state index contributed by atoms with van der Waals surface area (Å²) in [6, 6.07) is 4.32. The number of nitrogens with one attached hydrogen (secondary N) is 1. The molecule has 1 aliphatic rings. The average molecular weight is 344 g/mol. The molecule has 2 atom stereocenters. The fourth-order valence-electron chi connectivity index (χ4n) is 2.21. The maximum absolute atomic E-state index is 13.0. The van der Waals surface area contributed by atoms with Crippen molar-refractivity contribution in [2.45, 2.75) is 45.3 Å². The van der Waals surface area contributed by atoms with Crippen LogP contribution in [-0.2, 0) is 4.79 Å². The van der Waals surface area contributed by atoms with E-state index in [0.717, 1.165) is 0 Å². The molecule has 0 unspecified atom stereocenters. The molecule has 0 bridgehead atoms. The van der Waals surface area contributed by atoms with Gasteiger partial charge in [0, 0.05) is 6.04 Å². The summed E-state index contributed by atoms with van der Waals surface area (Å²) in [7, 11) is 0. The summed E-state index contributed by atoms with van der Waals surface area (Å²) in [5, 5.41) is 2.98. The number of rotatable bonds is 5. The van der Waals surface area contributed by atoms with Gasteiger partial charge in [-0.15, -0.1) is 0 Å². The molecule has 1 amide bonds. The summed E-state index contributed by atoms with van der Waals surface area (Å²) < 4.78 is 19.1. The smallest absolute Gasteiger partial charge is 0.260 e. The van der Waals surface area contributed by atoms with E-state index in [1.54, 1.807) is 6.92 Å². The van der Waals surface area contributed by atoms with Crippen LogP contribution in [0.5, 0.6) is 5.75 Å². The van der Waals surface area contributed by atoms with Crippen LogP contribution in [0.3, 0.4) is 0 Å². The molecule has 1 fully saturated rings. The first-order chi connectivity index (χ1) is 9.47. The third kappa shape index (κ3) is 3.72. The minimum absolute atomic E-state index is 0.138. The molecule has 2 rings (SSSR count). The number of carbonyl (C=O) groups excluding carboxylic acids is 1. The van der Waals surface area contributed by atoms with Crippen molar-refractivity contribution in [1.29, 1.82) is 0 Å². The second kappa shape index (κ2) is 6.57. The highest BCUT2D eigenvalue weighted by molar-refractivity contribution is 9.10. The van der Waals surface area contributed by atoms with E-state index in [0.29, 0.717) is 16.1 Å². The predicted molar refractivity (Wildman–Crippen MR) is 79.1 cm³/mol. The largest absolute Gasteiger partial charge is 0.480 e. The van der Waals surface area contributed by atoms with Crippen molar-refractivity contribution in [2.75, 3.05) is 0 Å². The molecule has 0 aliphatic heterocycles. The van der Waals surface area contributed by atoms with Gasteiger partial charge in [-0.1, -0.05) is 6.42 Å². The summed E-state index contributed by atoms with van der Waals surface area (Å²) >= 11 is 3.22. The molecule has 1 aromatic rings. The molecular weight excluding hydrogens is 325 g/mol. The molecule has 1 saturated carbocycles. The summed E-state index contributed by atoms with van der Waals surface area (Å²) in [5.74, 6) is 0.564. The second-order valence-corrected chi connectivity index (χ2v) is 6.18. The first kappa shape index (κ1) is 15.3. The van der Waals surface area contributed by atoms with E-state index in [2.05, 4.69) is 21.2 Å². The number of hydrogen-bond donors (Lipinski definition) is 1. The third-order valence-corrected chi connectivity index (χ3v) is 4.41. The van der Waals surface area contributed by atoms with E-state index < -0.39 is 6.10 Å². The maximum Gasteiger partial charge on any atom is 0.260 e. The summed E-state index contributed by atoms with van der Waals surface area (Å²) in [5.41, 5.74) is 0. The lowest BCUT2D eigenvalue weighted by Crippen LogP contribution is -2.45. The van der Waals surface area contributed by atoms with Crippen LogP contribution < -0.4 is 10.1 Å². The van der Waals surface area contributed by atoms with Crippen molar-refractivity contribution in [1.82, 2.24) is 5.32 Å². The molecule has 0 saturated heterocycles. The standard InChI is InChI=1S/C15H19BrFNO2/c1-9(11-4-3-5-11)18-15(19)10(2)20-14-7-6-12(17)8-13(14)16/h6-11H,3-5H2,1-2H3,(H,18,19)/t9-,10-/m1/s1. The number of hydrogen-bond acceptors (Lipinski definition) is 2. The molecule has 5 heteroatoms. The first-order valence-electron chi connectivity index (χ1n) is 6.89. The van der Waals surface area contributed by atoms with E-state index in [1.807, 2.05) is 6.92 Å². The van der Waals surface area contributed by atoms with Gasteiger partial charge in [0.2, 0.25) is 0 Å². The molecule has 20 heavy (non-hydrogen) atoms. The van der Waals surface area contributed by atoms with Crippen LogP contribution in [0.25, 0.3) is 0 Å². The Morgan fingerprint density at radius 2 is 2.15 bits per heavy atom. The van der Waals surface area contributed by atoms with Gasteiger partial charge in [-0.25, -0.2) is 4.39 Å². The zero-order valence-electron chi connectivity index (χ0n) is 11.7. The van der Waals surface area contributed by atoms with Gasteiger partial charge in [-0.05, 0) is 66.7 Å². The summed E-state index contributed by atoms with van der Waals surface area (Å²) in [4.78, 5) is 12.1. The van der Waals surface area contributed by atoms with E-state index >= 15 is 0 Å². The fraction of sp³-hybridized carbons (Fsp3) is 0.533. The monoisotopic (exact) mass is 343 g/mol. The Hall–Kier alpha value is -1.10. The fourth-order valence-corrected chi connectivity index (χ4v) is 2.66. The molecule has 1 aliphatic carbocycles. The van der Waals surface area contributed by atoms with E-state index in [4.69, 9.17) is 4.74 Å². The Balaban J connectivity index is 1.89. The summed E-state index contributed by atoms with van der Waals surface area (Å²) in [6.45, 7) is 3.72. The third-order valence-electron chi connectivity index (χ3n) is 3.79. The first-order valence-corrected chi connectivity index (χ1v) is 7.68. The summed E-state index contributed by atoms with van der Waals surface area (Å²) in [6.07, 6.45) is 3.00. The zero-order valence-corrected chi connectivity index (χ0v) is 13.2. The Morgan fingerprint density at radius 3 is 2.70 bits per heavy atom. The highest BCUT2D eigenvalue weighted by Gasteiger charge is 2.27. The Kier molecular flexibility index (Phi) is 5.02. The lowest BCUT2D eigenvalue weighted by Gasteiger charge is -2.32. The lowest BCUT2D eigenvalue weighted by atomic mass is 9.80. The van der Waals surface area contributed by atoms with E-state index in [9.17, 15) is 9.18 Å². The number of ether oxygens (including phenoxy) is 1. The van der Waals surface area contributed by atoms with Crippen molar-refractivity contribution < 1.29 is 13.9 Å². The molecule has 0 aromatic heterocycles. The molecule has 1 N–H and O–H groups in total. The van der Waals surface area contributed by atoms with Crippen molar-refractivity contribution in [3.63, 3.8) is 0 Å². The van der Waals surface area contributed by atoms with Crippen molar-refractivity contribution in [3.05, 3.63) is 28.5 Å². The molecule has 0 radical (unpaired) electrons. The molecule has 110 valence electrons. The van der Waals surface area contributed by atoms with Gasteiger partial charge >= 0.3 is 0 Å². The molecule has 1 aromatic carbocycles.